The van der Waals surface area contributed by atoms with Gasteiger partial charge in [0.15, 0.2) is 5.13 Å². The molecule has 0 saturated carbocycles. The Kier molecular flexibility index (Phi) is 6.55. The Hall–Kier alpha value is -1.71. The molecule has 1 aliphatic heterocycles. The van der Waals surface area contributed by atoms with Crippen molar-refractivity contribution in [2.45, 2.75) is 18.2 Å². The lowest BCUT2D eigenvalue weighted by Crippen LogP contribution is -2.48. The van der Waals surface area contributed by atoms with Gasteiger partial charge in [-0.1, -0.05) is 35.3 Å². The van der Waals surface area contributed by atoms with Crippen molar-refractivity contribution in [2.24, 2.45) is 0 Å². The average molecular weight is 500 g/mol. The van der Waals surface area contributed by atoms with E-state index in [9.17, 15) is 12.8 Å². The summed E-state index contributed by atoms with van der Waals surface area (Å²) in [6.45, 7) is 3.36. The number of hydrogen-bond acceptors (Lipinski definition) is 5. The van der Waals surface area contributed by atoms with E-state index in [0.717, 1.165) is 22.5 Å². The lowest BCUT2D eigenvalue weighted by molar-refractivity contribution is 0.384. The number of hydrogen-bond donors (Lipinski definition) is 0. The molecule has 0 radical (unpaired) electrons. The Morgan fingerprint density at radius 3 is 2.52 bits per heavy atom. The van der Waals surface area contributed by atoms with Gasteiger partial charge in [0.2, 0.25) is 10.0 Å². The quantitative estimate of drug-likeness (QED) is 0.495. The molecule has 0 unspecified atom stereocenters. The minimum Gasteiger partial charge on any atom is -0.345 e. The Morgan fingerprint density at radius 2 is 1.81 bits per heavy atom. The summed E-state index contributed by atoms with van der Waals surface area (Å²) in [4.78, 5) is 6.81. The molecule has 0 spiro atoms. The predicted molar refractivity (Wildman–Crippen MR) is 123 cm³/mol. The zero-order chi connectivity index (χ0) is 22.2. The molecule has 5 nitrogen and oxygen atoms in total. The van der Waals surface area contributed by atoms with Crippen molar-refractivity contribution in [3.8, 4) is 0 Å². The van der Waals surface area contributed by atoms with Crippen LogP contribution in [0.25, 0.3) is 0 Å². The van der Waals surface area contributed by atoms with Crippen LogP contribution in [0.2, 0.25) is 10.0 Å². The van der Waals surface area contributed by atoms with Crippen molar-refractivity contribution < 1.29 is 12.8 Å². The minimum absolute atomic E-state index is 0.0270. The molecule has 31 heavy (non-hydrogen) atoms. The third kappa shape index (κ3) is 4.88. The molecule has 10 heteroatoms. The molecule has 0 atom stereocenters. The van der Waals surface area contributed by atoms with Gasteiger partial charge in [0.05, 0.1) is 20.6 Å². The fourth-order valence-electron chi connectivity index (χ4n) is 3.49. The summed E-state index contributed by atoms with van der Waals surface area (Å²) in [5, 5.41) is 3.89. The van der Waals surface area contributed by atoms with Crippen LogP contribution in [0.15, 0.2) is 46.7 Å². The Labute approximate surface area is 195 Å². The number of halogens is 3. The van der Waals surface area contributed by atoms with Crippen LogP contribution in [0.3, 0.4) is 0 Å². The van der Waals surface area contributed by atoms with Crippen molar-refractivity contribution in [3.63, 3.8) is 0 Å². The molecule has 4 rings (SSSR count). The molecular weight excluding hydrogens is 480 g/mol. The number of anilines is 1. The van der Waals surface area contributed by atoms with Crippen molar-refractivity contribution in [1.29, 1.82) is 0 Å². The molecule has 0 amide bonds. The van der Waals surface area contributed by atoms with E-state index in [2.05, 4.69) is 4.90 Å². The molecule has 1 aliphatic rings. The Balaban J connectivity index is 1.42. The molecule has 3 aromatic rings. The van der Waals surface area contributed by atoms with Gasteiger partial charge in [-0.2, -0.15) is 4.31 Å². The highest BCUT2D eigenvalue weighted by Crippen LogP contribution is 2.28. The van der Waals surface area contributed by atoms with E-state index in [1.165, 1.54) is 27.8 Å². The summed E-state index contributed by atoms with van der Waals surface area (Å²) in [6.07, 6.45) is 0.639. The summed E-state index contributed by atoms with van der Waals surface area (Å²) in [6, 6.07) is 9.37. The molecular formula is C21H20Cl2FN3O2S2. The molecule has 0 N–H and O–H groups in total. The van der Waals surface area contributed by atoms with Crippen molar-refractivity contribution in [1.82, 2.24) is 9.29 Å². The summed E-state index contributed by atoms with van der Waals surface area (Å²) in [5.74, 6) is -0.555. The molecule has 2 aromatic carbocycles. The summed E-state index contributed by atoms with van der Waals surface area (Å²) in [7, 11) is -3.74. The van der Waals surface area contributed by atoms with Crippen LogP contribution in [0.1, 0.15) is 16.8 Å². The molecule has 1 fully saturated rings. The number of piperazine rings is 1. The maximum absolute atomic E-state index is 13.6. The number of sulfonamides is 1. The van der Waals surface area contributed by atoms with Gasteiger partial charge >= 0.3 is 0 Å². The Bertz CT molecular complexity index is 1210. The van der Waals surface area contributed by atoms with Gasteiger partial charge in [0, 0.05) is 38.0 Å². The fraction of sp³-hybridized carbons (Fsp3) is 0.286. The highest BCUT2D eigenvalue weighted by molar-refractivity contribution is 7.89. The topological polar surface area (TPSA) is 53.5 Å². The first-order valence-electron chi connectivity index (χ1n) is 9.63. The summed E-state index contributed by atoms with van der Waals surface area (Å²) >= 11 is 13.6. The number of aryl methyl sites for hydroxylation is 1. The van der Waals surface area contributed by atoms with E-state index in [4.69, 9.17) is 28.2 Å². The zero-order valence-corrected chi connectivity index (χ0v) is 19.8. The maximum Gasteiger partial charge on any atom is 0.243 e. The fourth-order valence-corrected chi connectivity index (χ4v) is 6.35. The molecule has 164 valence electrons. The molecule has 2 heterocycles. The zero-order valence-electron chi connectivity index (χ0n) is 16.7. The molecule has 1 aromatic heterocycles. The normalized spacial score (nSPS) is 15.4. The number of aromatic nitrogens is 1. The van der Waals surface area contributed by atoms with Gasteiger partial charge < -0.3 is 4.90 Å². The lowest BCUT2D eigenvalue weighted by Gasteiger charge is -2.34. The number of thiazole rings is 1. The van der Waals surface area contributed by atoms with Gasteiger partial charge in [0.1, 0.15) is 5.82 Å². The monoisotopic (exact) mass is 499 g/mol. The third-order valence-corrected chi connectivity index (χ3v) is 8.92. The standard InChI is InChI=1S/C21H20Cl2FN3O2S2/c1-14-2-4-16(24)12-20(14)31(28,29)27-8-6-26(7-9-27)21-25-17(13-30-21)10-15-3-5-18(22)19(23)11-15/h2-5,11-13H,6-10H2,1H3. The highest BCUT2D eigenvalue weighted by atomic mass is 35.5. The maximum atomic E-state index is 13.6. The molecule has 1 saturated heterocycles. The highest BCUT2D eigenvalue weighted by Gasteiger charge is 2.30. The van der Waals surface area contributed by atoms with E-state index in [0.29, 0.717) is 48.2 Å². The van der Waals surface area contributed by atoms with Crippen LogP contribution in [-0.2, 0) is 16.4 Å². The second-order valence-corrected chi connectivity index (χ2v) is 10.9. The lowest BCUT2D eigenvalue weighted by atomic mass is 10.1. The number of rotatable bonds is 5. The molecule has 0 bridgehead atoms. The van der Waals surface area contributed by atoms with E-state index in [-0.39, 0.29) is 4.90 Å². The van der Waals surface area contributed by atoms with Gasteiger partial charge in [-0.3, -0.25) is 0 Å². The van der Waals surface area contributed by atoms with Crippen LogP contribution in [0.5, 0.6) is 0 Å². The van der Waals surface area contributed by atoms with E-state index >= 15 is 0 Å². The first-order chi connectivity index (χ1) is 14.7. The summed E-state index contributed by atoms with van der Waals surface area (Å²) in [5.41, 5.74) is 2.48. The number of benzene rings is 2. The van der Waals surface area contributed by atoms with E-state index in [1.54, 1.807) is 13.0 Å². The van der Waals surface area contributed by atoms with E-state index in [1.807, 2.05) is 17.5 Å². The Morgan fingerprint density at radius 1 is 1.06 bits per heavy atom. The number of nitrogens with zero attached hydrogens (tertiary/aromatic N) is 3. The smallest absolute Gasteiger partial charge is 0.243 e. The van der Waals surface area contributed by atoms with Crippen LogP contribution in [0, 0.1) is 12.7 Å². The second kappa shape index (κ2) is 9.03. The van der Waals surface area contributed by atoms with Gasteiger partial charge in [-0.05, 0) is 42.3 Å². The first kappa shape index (κ1) is 22.5. The van der Waals surface area contributed by atoms with Crippen LogP contribution in [-0.4, -0.2) is 43.9 Å². The van der Waals surface area contributed by atoms with Gasteiger partial charge in [-0.15, -0.1) is 11.3 Å². The SMILES string of the molecule is Cc1ccc(F)cc1S(=O)(=O)N1CCN(c2nc(Cc3ccc(Cl)c(Cl)c3)cs2)CC1. The van der Waals surface area contributed by atoms with Crippen LogP contribution >= 0.6 is 34.5 Å². The minimum atomic E-state index is -3.74. The van der Waals surface area contributed by atoms with E-state index < -0.39 is 15.8 Å². The molecule has 0 aliphatic carbocycles. The van der Waals surface area contributed by atoms with Crippen molar-refractivity contribution in [2.75, 3.05) is 31.1 Å². The van der Waals surface area contributed by atoms with Crippen LogP contribution < -0.4 is 4.90 Å². The first-order valence-corrected chi connectivity index (χ1v) is 12.7. The van der Waals surface area contributed by atoms with Crippen molar-refractivity contribution >= 4 is 49.7 Å². The predicted octanol–water partition coefficient (Wildman–Crippen LogP) is 5.00. The average Bonchev–Trinajstić information content (AvgIpc) is 3.21. The largest absolute Gasteiger partial charge is 0.345 e. The summed E-state index contributed by atoms with van der Waals surface area (Å²) < 4.78 is 41.0. The third-order valence-electron chi connectivity index (χ3n) is 5.19. The van der Waals surface area contributed by atoms with Gasteiger partial charge in [0.25, 0.3) is 0 Å². The second-order valence-electron chi connectivity index (χ2n) is 7.35. The van der Waals surface area contributed by atoms with Crippen molar-refractivity contribution in [3.05, 3.63) is 74.5 Å². The van der Waals surface area contributed by atoms with Crippen LogP contribution in [0.4, 0.5) is 9.52 Å². The van der Waals surface area contributed by atoms with Gasteiger partial charge in [-0.25, -0.2) is 17.8 Å².